The van der Waals surface area contributed by atoms with Gasteiger partial charge in [-0.1, -0.05) is 127 Å². The van der Waals surface area contributed by atoms with E-state index in [1.54, 1.807) is 0 Å². The Hall–Kier alpha value is -6.12. The Morgan fingerprint density at radius 1 is 0.304 bits per heavy atom. The summed E-state index contributed by atoms with van der Waals surface area (Å²) < 4.78 is 4.90. The molecule has 0 N–H and O–H groups in total. The normalized spacial score (nSPS) is 11.9. The molecule has 0 unspecified atom stereocenters. The molecule has 2 heterocycles. The second-order valence-electron chi connectivity index (χ2n) is 12.2. The van der Waals surface area contributed by atoms with Crippen molar-refractivity contribution in [2.24, 2.45) is 0 Å². The molecule has 0 aliphatic carbocycles. The van der Waals surface area contributed by atoms with E-state index < -0.39 is 0 Å². The predicted octanol–water partition coefficient (Wildman–Crippen LogP) is 11.9. The van der Waals surface area contributed by atoms with Crippen molar-refractivity contribution in [3.8, 4) is 22.5 Å². The van der Waals surface area contributed by atoms with Gasteiger partial charge in [0.1, 0.15) is 0 Å². The molecule has 2 heteroatoms. The Labute approximate surface area is 266 Å². The first kappa shape index (κ1) is 25.2. The molecule has 0 bridgehead atoms. The van der Waals surface area contributed by atoms with Gasteiger partial charge in [0.2, 0.25) is 0 Å². The van der Waals surface area contributed by atoms with E-state index in [4.69, 9.17) is 0 Å². The molecule has 0 fully saturated rings. The zero-order valence-electron chi connectivity index (χ0n) is 25.1. The SMILES string of the molecule is c1ccc2cc(-n3c4ccccc4c4c(-c5cccc6c7ccccc7n(-c7ccc8ccccc8c7)c56)cccc43)ccc2c1. The lowest BCUT2D eigenvalue weighted by Gasteiger charge is -2.14. The summed E-state index contributed by atoms with van der Waals surface area (Å²) in [6.45, 7) is 0. The molecule has 0 saturated heterocycles. The summed E-state index contributed by atoms with van der Waals surface area (Å²) in [5.41, 5.74) is 9.67. The van der Waals surface area contributed by atoms with Crippen LogP contribution in [0.15, 0.2) is 170 Å². The van der Waals surface area contributed by atoms with Crippen molar-refractivity contribution in [3.63, 3.8) is 0 Å². The molecule has 10 aromatic rings. The Bertz CT molecular complexity index is 2810. The van der Waals surface area contributed by atoms with Gasteiger partial charge in [-0.3, -0.25) is 0 Å². The zero-order valence-corrected chi connectivity index (χ0v) is 25.1. The average Bonchev–Trinajstić information content (AvgIpc) is 3.64. The molecule has 214 valence electrons. The highest BCUT2D eigenvalue weighted by Crippen LogP contribution is 2.43. The minimum absolute atomic E-state index is 1.17. The van der Waals surface area contributed by atoms with E-state index in [-0.39, 0.29) is 0 Å². The Balaban J connectivity index is 1.32. The van der Waals surface area contributed by atoms with Crippen LogP contribution in [-0.2, 0) is 0 Å². The number of fused-ring (bicyclic) bond motifs is 8. The standard InChI is InChI=1S/C44H28N2/c1-3-13-31-27-33(25-23-29(31)11-1)45-41-21-8-6-16-39(41)43-36(17-10-22-42(43)45)38-19-9-18-37-35-15-5-7-20-40(35)46(44(37)38)34-26-24-30-12-2-4-14-32(30)28-34/h1-28H. The third-order valence-electron chi connectivity index (χ3n) is 9.67. The number of hydrogen-bond donors (Lipinski definition) is 0. The third kappa shape index (κ3) is 3.59. The summed E-state index contributed by atoms with van der Waals surface area (Å²) in [5, 5.41) is 10.0. The number of rotatable bonds is 3. The fourth-order valence-electron chi connectivity index (χ4n) is 7.66. The fourth-order valence-corrected chi connectivity index (χ4v) is 7.66. The average molecular weight is 585 g/mol. The molecule has 0 aliphatic heterocycles. The highest BCUT2D eigenvalue weighted by Gasteiger charge is 2.21. The van der Waals surface area contributed by atoms with Crippen LogP contribution in [-0.4, -0.2) is 9.13 Å². The lowest BCUT2D eigenvalue weighted by Crippen LogP contribution is -1.96. The number of aromatic nitrogens is 2. The summed E-state index contributed by atoms with van der Waals surface area (Å²) in [5.74, 6) is 0. The van der Waals surface area contributed by atoms with E-state index in [0.29, 0.717) is 0 Å². The molecule has 0 atom stereocenters. The van der Waals surface area contributed by atoms with Crippen LogP contribution in [0.3, 0.4) is 0 Å². The highest BCUT2D eigenvalue weighted by atomic mass is 15.0. The lowest BCUT2D eigenvalue weighted by atomic mass is 9.97. The summed E-state index contributed by atoms with van der Waals surface area (Å²) in [7, 11) is 0. The summed E-state index contributed by atoms with van der Waals surface area (Å²) >= 11 is 0. The van der Waals surface area contributed by atoms with Gasteiger partial charge in [0, 0.05) is 38.5 Å². The zero-order chi connectivity index (χ0) is 30.2. The molecule has 0 saturated carbocycles. The van der Waals surface area contributed by atoms with Crippen LogP contribution in [0.4, 0.5) is 0 Å². The van der Waals surface area contributed by atoms with Crippen molar-refractivity contribution in [3.05, 3.63) is 170 Å². The third-order valence-corrected chi connectivity index (χ3v) is 9.67. The van der Waals surface area contributed by atoms with E-state index in [1.807, 2.05) is 0 Å². The van der Waals surface area contributed by atoms with Gasteiger partial charge in [-0.25, -0.2) is 0 Å². The number of hydrogen-bond acceptors (Lipinski definition) is 0. The van der Waals surface area contributed by atoms with Gasteiger partial charge in [-0.15, -0.1) is 0 Å². The van der Waals surface area contributed by atoms with Crippen LogP contribution >= 0.6 is 0 Å². The quantitative estimate of drug-likeness (QED) is 0.195. The van der Waals surface area contributed by atoms with Crippen molar-refractivity contribution >= 4 is 65.2 Å². The lowest BCUT2D eigenvalue weighted by molar-refractivity contribution is 1.18. The Morgan fingerprint density at radius 2 is 0.804 bits per heavy atom. The molecular formula is C44H28N2. The smallest absolute Gasteiger partial charge is 0.0619 e. The number of nitrogens with zero attached hydrogens (tertiary/aromatic N) is 2. The largest absolute Gasteiger partial charge is 0.309 e. The number of para-hydroxylation sites is 3. The molecule has 0 spiro atoms. The summed E-state index contributed by atoms with van der Waals surface area (Å²) in [6, 6.07) is 62.1. The maximum atomic E-state index is 2.47. The molecule has 46 heavy (non-hydrogen) atoms. The predicted molar refractivity (Wildman–Crippen MR) is 196 cm³/mol. The van der Waals surface area contributed by atoms with Gasteiger partial charge < -0.3 is 9.13 Å². The van der Waals surface area contributed by atoms with Gasteiger partial charge >= 0.3 is 0 Å². The Kier molecular flexibility index (Phi) is 5.31. The topological polar surface area (TPSA) is 9.86 Å². The Morgan fingerprint density at radius 3 is 1.52 bits per heavy atom. The van der Waals surface area contributed by atoms with Crippen LogP contribution in [0.1, 0.15) is 0 Å². The fraction of sp³-hybridized carbons (Fsp3) is 0. The number of benzene rings is 8. The van der Waals surface area contributed by atoms with Crippen LogP contribution in [0.25, 0.3) is 87.7 Å². The molecule has 2 nitrogen and oxygen atoms in total. The van der Waals surface area contributed by atoms with Gasteiger partial charge in [0.15, 0.2) is 0 Å². The highest BCUT2D eigenvalue weighted by molar-refractivity contribution is 6.20. The van der Waals surface area contributed by atoms with Gasteiger partial charge in [0.05, 0.1) is 22.1 Å². The molecule has 0 aliphatic rings. The first-order valence-corrected chi connectivity index (χ1v) is 15.9. The van der Waals surface area contributed by atoms with Gasteiger partial charge in [-0.2, -0.15) is 0 Å². The van der Waals surface area contributed by atoms with Crippen molar-refractivity contribution in [1.82, 2.24) is 9.13 Å². The molecule has 8 aromatic carbocycles. The van der Waals surface area contributed by atoms with E-state index in [2.05, 4.69) is 179 Å². The monoisotopic (exact) mass is 584 g/mol. The van der Waals surface area contributed by atoms with E-state index in [1.165, 1.54) is 87.7 Å². The van der Waals surface area contributed by atoms with Crippen molar-refractivity contribution in [2.75, 3.05) is 0 Å². The van der Waals surface area contributed by atoms with Crippen molar-refractivity contribution < 1.29 is 0 Å². The second-order valence-corrected chi connectivity index (χ2v) is 12.2. The van der Waals surface area contributed by atoms with Gasteiger partial charge in [0.25, 0.3) is 0 Å². The van der Waals surface area contributed by atoms with Gasteiger partial charge in [-0.05, 0) is 69.6 Å². The molecule has 0 amide bonds. The van der Waals surface area contributed by atoms with Crippen LogP contribution in [0.5, 0.6) is 0 Å². The first-order valence-electron chi connectivity index (χ1n) is 15.9. The molecular weight excluding hydrogens is 556 g/mol. The van der Waals surface area contributed by atoms with Crippen molar-refractivity contribution in [2.45, 2.75) is 0 Å². The van der Waals surface area contributed by atoms with Crippen LogP contribution in [0.2, 0.25) is 0 Å². The maximum Gasteiger partial charge on any atom is 0.0619 e. The van der Waals surface area contributed by atoms with E-state index in [0.717, 1.165) is 0 Å². The summed E-state index contributed by atoms with van der Waals surface area (Å²) in [4.78, 5) is 0. The van der Waals surface area contributed by atoms with Crippen LogP contribution < -0.4 is 0 Å². The van der Waals surface area contributed by atoms with E-state index in [9.17, 15) is 0 Å². The maximum absolute atomic E-state index is 2.47. The van der Waals surface area contributed by atoms with Crippen molar-refractivity contribution in [1.29, 1.82) is 0 Å². The van der Waals surface area contributed by atoms with E-state index >= 15 is 0 Å². The second kappa shape index (κ2) is 9.69. The van der Waals surface area contributed by atoms with Crippen LogP contribution in [0, 0.1) is 0 Å². The molecule has 0 radical (unpaired) electrons. The molecule has 2 aromatic heterocycles. The summed E-state index contributed by atoms with van der Waals surface area (Å²) in [6.07, 6.45) is 0. The minimum atomic E-state index is 1.17. The first-order chi connectivity index (χ1) is 22.8. The molecule has 10 rings (SSSR count). The minimum Gasteiger partial charge on any atom is -0.309 e.